The van der Waals surface area contributed by atoms with Gasteiger partial charge in [-0.05, 0) is 36.6 Å². The lowest BCUT2D eigenvalue weighted by Gasteiger charge is -2.21. The number of sulfonamides is 1. The summed E-state index contributed by atoms with van der Waals surface area (Å²) < 4.78 is 61.6. The van der Waals surface area contributed by atoms with E-state index in [0.717, 1.165) is 0 Å². The van der Waals surface area contributed by atoms with Gasteiger partial charge < -0.3 is 10.4 Å². The van der Waals surface area contributed by atoms with E-state index in [9.17, 15) is 26.4 Å². The predicted octanol–water partition coefficient (Wildman–Crippen LogP) is 3.70. The van der Waals surface area contributed by atoms with Crippen LogP contribution in [0.1, 0.15) is 36.5 Å². The summed E-state index contributed by atoms with van der Waals surface area (Å²) in [5, 5.41) is 9.90. The van der Waals surface area contributed by atoms with Crippen molar-refractivity contribution in [2.24, 2.45) is 5.92 Å². The molecule has 0 atom stereocenters. The van der Waals surface area contributed by atoms with Gasteiger partial charge in [-0.2, -0.15) is 17.5 Å². The van der Waals surface area contributed by atoms with Gasteiger partial charge >= 0.3 is 12.1 Å². The second-order valence-corrected chi connectivity index (χ2v) is 10.3. The first-order valence-electron chi connectivity index (χ1n) is 11.0. The maximum Gasteiger partial charge on any atom is 0.490 e. The van der Waals surface area contributed by atoms with Crippen LogP contribution in [0.25, 0.3) is 5.69 Å². The molecule has 0 spiro atoms. The summed E-state index contributed by atoms with van der Waals surface area (Å²) in [5.74, 6) is -2.82. The largest absolute Gasteiger partial charge is 0.490 e. The van der Waals surface area contributed by atoms with Gasteiger partial charge in [0, 0.05) is 12.7 Å². The molecule has 3 heterocycles. The minimum atomic E-state index is -5.08. The number of nitrogens with one attached hydrogen (secondary N) is 1. The number of carbonyl (C=O) groups excluding carboxylic acids is 1. The molecule has 0 fully saturated rings. The van der Waals surface area contributed by atoms with Crippen LogP contribution in [0.4, 0.5) is 18.9 Å². The monoisotopic (exact) mass is 539 g/mol. The molecule has 3 aromatic rings. The van der Waals surface area contributed by atoms with E-state index in [1.54, 1.807) is 53.4 Å². The fourth-order valence-electron chi connectivity index (χ4n) is 3.42. The van der Waals surface area contributed by atoms with Crippen LogP contribution in [-0.2, 0) is 21.4 Å². The van der Waals surface area contributed by atoms with E-state index in [4.69, 9.17) is 9.90 Å². The highest BCUT2D eigenvalue weighted by molar-refractivity contribution is 7.89. The lowest BCUT2D eigenvalue weighted by molar-refractivity contribution is -0.192. The van der Waals surface area contributed by atoms with E-state index >= 15 is 0 Å². The Balaban J connectivity index is 0.000000479. The first-order valence-corrected chi connectivity index (χ1v) is 12.4. The predicted molar refractivity (Wildman–Crippen MR) is 126 cm³/mol. The number of carboxylic acids is 1. The van der Waals surface area contributed by atoms with Gasteiger partial charge in [0.1, 0.15) is 11.2 Å². The van der Waals surface area contributed by atoms with E-state index in [0.29, 0.717) is 36.0 Å². The number of para-hydroxylation sites is 1. The Hall–Kier alpha value is -3.78. The number of anilines is 1. The van der Waals surface area contributed by atoms with E-state index in [1.807, 2.05) is 0 Å². The molecule has 0 radical (unpaired) electrons. The number of carbonyl (C=O) groups is 2. The summed E-state index contributed by atoms with van der Waals surface area (Å²) in [6.07, 6.45) is 0.300. The van der Waals surface area contributed by atoms with Crippen molar-refractivity contribution in [1.82, 2.24) is 18.8 Å². The molecule has 1 amide bonds. The third-order valence-corrected chi connectivity index (χ3v) is 7.16. The van der Waals surface area contributed by atoms with Gasteiger partial charge in [0.05, 0.1) is 29.8 Å². The quantitative estimate of drug-likeness (QED) is 0.505. The fraction of sp³-hybridized carbons (Fsp3) is 0.304. The number of aromatic nitrogens is 3. The second kappa shape index (κ2) is 11.1. The molecule has 1 aromatic carbocycles. The molecule has 2 aromatic heterocycles. The number of fused-ring (bicyclic) bond motifs is 3. The number of hydrogen-bond acceptors (Lipinski definition) is 6. The van der Waals surface area contributed by atoms with Crippen molar-refractivity contribution < 1.29 is 36.3 Å². The zero-order valence-corrected chi connectivity index (χ0v) is 20.6. The average molecular weight is 540 g/mol. The number of carboxylic acid groups (broad SMARTS) is 1. The van der Waals surface area contributed by atoms with Crippen molar-refractivity contribution in [2.45, 2.75) is 37.9 Å². The maximum atomic E-state index is 13.4. The van der Waals surface area contributed by atoms with Crippen molar-refractivity contribution in [2.75, 3.05) is 11.9 Å². The highest BCUT2D eigenvalue weighted by Gasteiger charge is 2.38. The Morgan fingerprint density at radius 2 is 1.84 bits per heavy atom. The number of hydrogen-bond donors (Lipinski definition) is 2. The number of amides is 1. The first kappa shape index (κ1) is 27.8. The van der Waals surface area contributed by atoms with Gasteiger partial charge in [0.15, 0.2) is 5.69 Å². The smallest absolute Gasteiger partial charge is 0.475 e. The summed E-state index contributed by atoms with van der Waals surface area (Å²) in [5.41, 5.74) is 1.77. The fourth-order valence-corrected chi connectivity index (χ4v) is 5.01. The number of rotatable bonds is 5. The Labute approximate surface area is 210 Å². The first-order chi connectivity index (χ1) is 17.3. The molecule has 10 nitrogen and oxygen atoms in total. The molecule has 2 N–H and O–H groups in total. The Bertz CT molecular complexity index is 1370. The third kappa shape index (κ3) is 6.51. The third-order valence-electron chi connectivity index (χ3n) is 5.27. The number of aliphatic carboxylic acids is 1. The molecule has 0 aliphatic carbocycles. The molecular weight excluding hydrogens is 515 g/mol. The summed E-state index contributed by atoms with van der Waals surface area (Å²) in [4.78, 5) is 30.3. The van der Waals surface area contributed by atoms with Crippen molar-refractivity contribution >= 4 is 27.6 Å². The number of benzene rings is 1. The molecule has 198 valence electrons. The van der Waals surface area contributed by atoms with Crippen LogP contribution in [0.15, 0.2) is 60.0 Å². The lowest BCUT2D eigenvalue weighted by Crippen LogP contribution is -2.32. The second-order valence-electron chi connectivity index (χ2n) is 8.40. The number of pyridine rings is 1. The van der Waals surface area contributed by atoms with Gasteiger partial charge in [0.2, 0.25) is 10.0 Å². The molecule has 0 saturated carbocycles. The van der Waals surface area contributed by atoms with Crippen LogP contribution >= 0.6 is 0 Å². The number of nitrogens with zero attached hydrogens (tertiary/aromatic N) is 4. The molecule has 0 saturated heterocycles. The summed E-state index contributed by atoms with van der Waals surface area (Å²) in [7, 11) is -3.71. The zero-order chi connectivity index (χ0) is 27.4. The van der Waals surface area contributed by atoms with Crippen LogP contribution in [-0.4, -0.2) is 57.0 Å². The SMILES string of the molecule is CC(C)CCN1Cc2c(C(=O)Nc3cccnc3)ncn2-c2ccccc2S1(=O)=O.O=C(O)C(F)(F)F. The summed E-state index contributed by atoms with van der Waals surface area (Å²) >= 11 is 0. The van der Waals surface area contributed by atoms with Gasteiger partial charge in [-0.3, -0.25) is 14.3 Å². The summed E-state index contributed by atoms with van der Waals surface area (Å²) in [6, 6.07) is 10.3. The number of imidazole rings is 1. The minimum absolute atomic E-state index is 0.0690. The molecule has 1 aliphatic rings. The van der Waals surface area contributed by atoms with Gasteiger partial charge in [-0.1, -0.05) is 26.0 Å². The lowest BCUT2D eigenvalue weighted by atomic mass is 10.1. The maximum absolute atomic E-state index is 13.4. The van der Waals surface area contributed by atoms with Crippen LogP contribution in [0.2, 0.25) is 0 Å². The van der Waals surface area contributed by atoms with Crippen LogP contribution < -0.4 is 5.32 Å². The topological polar surface area (TPSA) is 134 Å². The molecule has 1 aliphatic heterocycles. The Morgan fingerprint density at radius 1 is 1.16 bits per heavy atom. The molecule has 0 bridgehead atoms. The van der Waals surface area contributed by atoms with Gasteiger partial charge in [-0.15, -0.1) is 0 Å². The van der Waals surface area contributed by atoms with Crippen molar-refractivity contribution in [3.05, 3.63) is 66.5 Å². The van der Waals surface area contributed by atoms with Gasteiger partial charge in [-0.25, -0.2) is 18.2 Å². The molecular formula is C23H24F3N5O5S. The highest BCUT2D eigenvalue weighted by Crippen LogP contribution is 2.31. The van der Waals surface area contributed by atoms with Crippen molar-refractivity contribution in [1.29, 1.82) is 0 Å². The van der Waals surface area contributed by atoms with Gasteiger partial charge in [0.25, 0.3) is 5.91 Å². The van der Waals surface area contributed by atoms with Crippen LogP contribution in [0.3, 0.4) is 0 Å². The van der Waals surface area contributed by atoms with E-state index in [1.165, 1.54) is 10.6 Å². The summed E-state index contributed by atoms with van der Waals surface area (Å²) in [6.45, 7) is 4.54. The number of alkyl halides is 3. The number of halogens is 3. The molecule has 0 unspecified atom stereocenters. The zero-order valence-electron chi connectivity index (χ0n) is 19.8. The van der Waals surface area contributed by atoms with Crippen LogP contribution in [0, 0.1) is 5.92 Å². The molecule has 4 rings (SSSR count). The normalized spacial score (nSPS) is 14.5. The van der Waals surface area contributed by atoms with Crippen molar-refractivity contribution in [3.8, 4) is 5.69 Å². The van der Waals surface area contributed by atoms with E-state index in [-0.39, 0.29) is 17.1 Å². The average Bonchev–Trinajstić information content (AvgIpc) is 3.22. The minimum Gasteiger partial charge on any atom is -0.475 e. The van der Waals surface area contributed by atoms with Crippen LogP contribution in [0.5, 0.6) is 0 Å². The van der Waals surface area contributed by atoms with E-state index in [2.05, 4.69) is 29.1 Å². The Kier molecular flexibility index (Phi) is 8.33. The molecule has 14 heteroatoms. The highest BCUT2D eigenvalue weighted by atomic mass is 32.2. The standard InChI is InChI=1S/C21H23N5O3S.C2HF3O2/c1-15(2)9-11-25-13-18-20(21(27)24-16-6-5-10-22-12-16)23-14-26(18)17-7-3-4-8-19(17)30(25,28)29;3-2(4,5)1(6)7/h3-8,10,12,14-15H,9,11,13H2,1-2H3,(H,24,27);(H,6,7). The Morgan fingerprint density at radius 3 is 2.43 bits per heavy atom. The molecule has 37 heavy (non-hydrogen) atoms. The van der Waals surface area contributed by atoms with Crippen molar-refractivity contribution in [3.63, 3.8) is 0 Å². The van der Waals surface area contributed by atoms with E-state index < -0.39 is 28.1 Å².